The molecule has 1 saturated carbocycles. The van der Waals surface area contributed by atoms with Crippen LogP contribution in [0.4, 0.5) is 5.82 Å². The Kier molecular flexibility index (Phi) is 4.92. The van der Waals surface area contributed by atoms with Crippen LogP contribution in [-0.2, 0) is 16.1 Å². The van der Waals surface area contributed by atoms with Crippen LogP contribution in [0.1, 0.15) is 29.0 Å². The lowest BCUT2D eigenvalue weighted by Gasteiger charge is -2.26. The average molecular weight is 498 g/mol. The third-order valence-electron chi connectivity index (χ3n) is 5.95. The molecule has 1 saturated heterocycles. The zero-order chi connectivity index (χ0) is 22.6. The summed E-state index contributed by atoms with van der Waals surface area (Å²) in [5.74, 6) is -0.433. The van der Waals surface area contributed by atoms with Crippen molar-refractivity contribution in [1.29, 1.82) is 0 Å². The molecule has 0 aromatic carbocycles. The topological polar surface area (TPSA) is 136 Å². The SMILES string of the molecule is Cc1cc2c(C(N)=O)nn(CC(=O)N3[C@@H]4C[C@@H]4C[C@H]3C(=O)Nc3cccc(Br)n3)c2cn1. The molecule has 5 rings (SSSR count). The fourth-order valence-electron chi connectivity index (χ4n) is 4.43. The molecular weight excluding hydrogens is 478 g/mol. The van der Waals surface area contributed by atoms with E-state index >= 15 is 0 Å². The summed E-state index contributed by atoms with van der Waals surface area (Å²) in [4.78, 5) is 48.2. The standard InChI is InChI=1S/C21H20BrN7O3/c1-10-5-12-15(8-24-10)28(27-19(12)20(23)31)9-18(30)29-13-6-11(13)7-14(29)21(32)26-17-4-2-3-16(22)25-17/h2-5,8,11,13-14H,6-7,9H2,1H3,(H2,23,31)(H,25,26,32)/t11-,13-,14+/m1/s1. The van der Waals surface area contributed by atoms with E-state index in [1.54, 1.807) is 42.3 Å². The summed E-state index contributed by atoms with van der Waals surface area (Å²) in [7, 11) is 0. The fraction of sp³-hybridized carbons (Fsp3) is 0.333. The van der Waals surface area contributed by atoms with Crippen molar-refractivity contribution < 1.29 is 14.4 Å². The Balaban J connectivity index is 1.39. The van der Waals surface area contributed by atoms with Gasteiger partial charge in [0.15, 0.2) is 5.69 Å². The molecular formula is C21H20BrN7O3. The lowest BCUT2D eigenvalue weighted by molar-refractivity contribution is -0.138. The molecule has 1 aliphatic carbocycles. The van der Waals surface area contributed by atoms with E-state index in [4.69, 9.17) is 5.73 Å². The Labute approximate surface area is 191 Å². The number of aromatic nitrogens is 4. The number of piperidine rings is 1. The summed E-state index contributed by atoms with van der Waals surface area (Å²) in [5, 5.41) is 7.62. The largest absolute Gasteiger partial charge is 0.364 e. The molecule has 0 spiro atoms. The Hall–Kier alpha value is -3.34. The van der Waals surface area contributed by atoms with Gasteiger partial charge in [-0.25, -0.2) is 4.98 Å². The van der Waals surface area contributed by atoms with Crippen molar-refractivity contribution in [2.45, 2.75) is 38.4 Å². The molecule has 3 amide bonds. The first-order valence-electron chi connectivity index (χ1n) is 10.2. The normalized spacial score (nSPS) is 21.4. The van der Waals surface area contributed by atoms with Crippen molar-refractivity contribution in [3.05, 3.63) is 46.5 Å². The summed E-state index contributed by atoms with van der Waals surface area (Å²) in [6, 6.07) is 6.42. The highest BCUT2D eigenvalue weighted by Gasteiger charge is 2.56. The van der Waals surface area contributed by atoms with E-state index in [1.807, 2.05) is 0 Å². The van der Waals surface area contributed by atoms with Gasteiger partial charge in [-0.3, -0.25) is 24.0 Å². The van der Waals surface area contributed by atoms with Crippen LogP contribution >= 0.6 is 15.9 Å². The number of carbonyl (C=O) groups is 3. The maximum absolute atomic E-state index is 13.3. The number of hydrogen-bond donors (Lipinski definition) is 2. The van der Waals surface area contributed by atoms with E-state index in [0.29, 0.717) is 39.4 Å². The average Bonchev–Trinajstić information content (AvgIpc) is 3.25. The smallest absolute Gasteiger partial charge is 0.269 e. The molecule has 2 fully saturated rings. The van der Waals surface area contributed by atoms with Crippen LogP contribution in [0.5, 0.6) is 0 Å². The number of aryl methyl sites for hydroxylation is 1. The van der Waals surface area contributed by atoms with Crippen molar-refractivity contribution in [3.63, 3.8) is 0 Å². The summed E-state index contributed by atoms with van der Waals surface area (Å²) in [6.07, 6.45) is 3.08. The second-order valence-corrected chi connectivity index (χ2v) is 8.98. The molecule has 0 radical (unpaired) electrons. The summed E-state index contributed by atoms with van der Waals surface area (Å²) in [6.45, 7) is 1.68. The number of fused-ring (bicyclic) bond motifs is 2. The molecule has 4 heterocycles. The molecule has 0 unspecified atom stereocenters. The summed E-state index contributed by atoms with van der Waals surface area (Å²) < 4.78 is 2.04. The number of nitrogens with one attached hydrogen (secondary N) is 1. The second-order valence-electron chi connectivity index (χ2n) is 8.16. The molecule has 3 atom stereocenters. The quantitative estimate of drug-likeness (QED) is 0.514. The Morgan fingerprint density at radius 1 is 1.28 bits per heavy atom. The van der Waals surface area contributed by atoms with Crippen LogP contribution in [0.3, 0.4) is 0 Å². The Morgan fingerprint density at radius 3 is 2.84 bits per heavy atom. The van der Waals surface area contributed by atoms with Crippen LogP contribution < -0.4 is 11.1 Å². The number of nitrogens with two attached hydrogens (primary N) is 1. The van der Waals surface area contributed by atoms with Crippen molar-refractivity contribution in [3.8, 4) is 0 Å². The Morgan fingerprint density at radius 2 is 2.09 bits per heavy atom. The number of anilines is 1. The van der Waals surface area contributed by atoms with Gasteiger partial charge < -0.3 is 16.0 Å². The molecule has 1 aliphatic heterocycles. The highest BCUT2D eigenvalue weighted by Crippen LogP contribution is 2.48. The lowest BCUT2D eigenvalue weighted by Crippen LogP contribution is -2.46. The van der Waals surface area contributed by atoms with Gasteiger partial charge in [-0.1, -0.05) is 6.07 Å². The molecule has 32 heavy (non-hydrogen) atoms. The van der Waals surface area contributed by atoms with E-state index in [1.165, 1.54) is 4.68 Å². The number of likely N-dealkylation sites (tertiary alicyclic amines) is 1. The number of pyridine rings is 2. The summed E-state index contributed by atoms with van der Waals surface area (Å²) in [5.41, 5.74) is 6.83. The zero-order valence-electron chi connectivity index (χ0n) is 17.2. The first-order chi connectivity index (χ1) is 15.3. The molecule has 11 heteroatoms. The molecule has 3 N–H and O–H groups in total. The molecule has 0 bridgehead atoms. The van der Waals surface area contributed by atoms with E-state index in [-0.39, 0.29) is 30.1 Å². The van der Waals surface area contributed by atoms with Crippen molar-refractivity contribution >= 4 is 50.4 Å². The first-order valence-corrected chi connectivity index (χ1v) is 11.0. The first kappa shape index (κ1) is 20.6. The number of rotatable bonds is 5. The van der Waals surface area contributed by atoms with Crippen LogP contribution in [-0.4, -0.2) is 54.5 Å². The third-order valence-corrected chi connectivity index (χ3v) is 6.39. The van der Waals surface area contributed by atoms with Gasteiger partial charge in [0.1, 0.15) is 23.0 Å². The maximum atomic E-state index is 13.3. The zero-order valence-corrected chi connectivity index (χ0v) is 18.7. The minimum Gasteiger partial charge on any atom is -0.364 e. The second kappa shape index (κ2) is 7.66. The number of nitrogens with zero attached hydrogens (tertiary/aromatic N) is 5. The van der Waals surface area contributed by atoms with Crippen LogP contribution in [0, 0.1) is 12.8 Å². The van der Waals surface area contributed by atoms with Crippen molar-refractivity contribution in [2.24, 2.45) is 11.7 Å². The van der Waals surface area contributed by atoms with E-state index < -0.39 is 11.9 Å². The van der Waals surface area contributed by atoms with Gasteiger partial charge in [0.2, 0.25) is 11.8 Å². The van der Waals surface area contributed by atoms with Gasteiger partial charge in [-0.2, -0.15) is 5.10 Å². The van der Waals surface area contributed by atoms with Crippen LogP contribution in [0.15, 0.2) is 35.1 Å². The Bertz CT molecular complexity index is 1270. The fourth-order valence-corrected chi connectivity index (χ4v) is 4.77. The predicted octanol–water partition coefficient (Wildman–Crippen LogP) is 1.62. The van der Waals surface area contributed by atoms with E-state index in [9.17, 15) is 14.4 Å². The summed E-state index contributed by atoms with van der Waals surface area (Å²) >= 11 is 3.29. The van der Waals surface area contributed by atoms with Gasteiger partial charge >= 0.3 is 0 Å². The van der Waals surface area contributed by atoms with Gasteiger partial charge in [-0.05, 0) is 59.8 Å². The van der Waals surface area contributed by atoms with Gasteiger partial charge in [-0.15, -0.1) is 0 Å². The molecule has 10 nitrogen and oxygen atoms in total. The van der Waals surface area contributed by atoms with Crippen molar-refractivity contribution in [2.75, 3.05) is 5.32 Å². The highest BCUT2D eigenvalue weighted by atomic mass is 79.9. The minimum atomic E-state index is -0.672. The van der Waals surface area contributed by atoms with E-state index in [2.05, 4.69) is 36.3 Å². The van der Waals surface area contributed by atoms with E-state index in [0.717, 1.165) is 6.42 Å². The number of halogens is 1. The maximum Gasteiger partial charge on any atom is 0.269 e. The van der Waals surface area contributed by atoms with Crippen molar-refractivity contribution in [1.82, 2.24) is 24.6 Å². The minimum absolute atomic E-state index is 0.0477. The molecule has 164 valence electrons. The van der Waals surface area contributed by atoms with Gasteiger partial charge in [0, 0.05) is 17.1 Å². The highest BCUT2D eigenvalue weighted by molar-refractivity contribution is 9.10. The molecule has 3 aromatic heterocycles. The number of carbonyl (C=O) groups excluding carboxylic acids is 3. The lowest BCUT2D eigenvalue weighted by atomic mass is 10.1. The molecule has 3 aromatic rings. The van der Waals surface area contributed by atoms with Gasteiger partial charge in [0.05, 0.1) is 11.7 Å². The number of amides is 3. The van der Waals surface area contributed by atoms with Crippen LogP contribution in [0.2, 0.25) is 0 Å². The number of primary amides is 1. The molecule has 2 aliphatic rings. The predicted molar refractivity (Wildman–Crippen MR) is 118 cm³/mol. The van der Waals surface area contributed by atoms with Gasteiger partial charge in [0.25, 0.3) is 5.91 Å². The number of hydrogen-bond acceptors (Lipinski definition) is 6. The monoisotopic (exact) mass is 497 g/mol. The third kappa shape index (κ3) is 3.62. The van der Waals surface area contributed by atoms with Crippen LogP contribution in [0.25, 0.3) is 10.9 Å².